The standard InChI is InChI=1S/C22H26N4O2S/c1-15-12-16(2)14-17(13-15)23-19(27)6-10-26-21(28)20-18(7-11-29-20)24-22(26)25-8-4-3-5-9-25/h7,11-14H,3-6,8-10H2,1-2H3,(H,23,27). The second-order valence-electron chi connectivity index (χ2n) is 7.73. The summed E-state index contributed by atoms with van der Waals surface area (Å²) in [6, 6.07) is 7.87. The quantitative estimate of drug-likeness (QED) is 0.688. The van der Waals surface area contributed by atoms with Gasteiger partial charge in [0.25, 0.3) is 5.56 Å². The Kier molecular flexibility index (Phi) is 5.67. The van der Waals surface area contributed by atoms with Crippen molar-refractivity contribution in [3.05, 3.63) is 51.1 Å². The van der Waals surface area contributed by atoms with E-state index in [0.29, 0.717) is 17.2 Å². The van der Waals surface area contributed by atoms with Gasteiger partial charge >= 0.3 is 0 Å². The third-order valence-corrected chi connectivity index (χ3v) is 6.14. The van der Waals surface area contributed by atoms with Gasteiger partial charge in [0.1, 0.15) is 4.70 Å². The van der Waals surface area contributed by atoms with Crippen molar-refractivity contribution in [2.75, 3.05) is 23.3 Å². The predicted molar refractivity (Wildman–Crippen MR) is 119 cm³/mol. The average Bonchev–Trinajstić information content (AvgIpc) is 3.16. The minimum absolute atomic E-state index is 0.0511. The molecule has 0 saturated carbocycles. The van der Waals surface area contributed by atoms with Gasteiger partial charge < -0.3 is 10.2 Å². The molecule has 1 amide bonds. The Hall–Kier alpha value is -2.67. The van der Waals surface area contributed by atoms with Crippen LogP contribution in [0.1, 0.15) is 36.8 Å². The molecule has 0 atom stereocenters. The van der Waals surface area contributed by atoms with E-state index in [0.717, 1.165) is 48.3 Å². The maximum absolute atomic E-state index is 13.1. The van der Waals surface area contributed by atoms with Crippen LogP contribution in [0.5, 0.6) is 0 Å². The molecular formula is C22H26N4O2S. The highest BCUT2D eigenvalue weighted by molar-refractivity contribution is 7.17. The Labute approximate surface area is 174 Å². The number of rotatable bonds is 5. The van der Waals surface area contributed by atoms with Gasteiger partial charge in [0.2, 0.25) is 11.9 Å². The number of benzene rings is 1. The summed E-state index contributed by atoms with van der Waals surface area (Å²) in [6.07, 6.45) is 3.64. The summed E-state index contributed by atoms with van der Waals surface area (Å²) in [5.74, 6) is 0.595. The number of thiophene rings is 1. The van der Waals surface area contributed by atoms with Crippen molar-refractivity contribution in [3.63, 3.8) is 0 Å². The molecule has 2 aromatic heterocycles. The summed E-state index contributed by atoms with van der Waals surface area (Å²) in [5, 5.41) is 4.86. The van der Waals surface area contributed by atoms with Crippen molar-refractivity contribution in [1.29, 1.82) is 0 Å². The molecule has 1 N–H and O–H groups in total. The molecule has 0 aliphatic carbocycles. The van der Waals surface area contributed by atoms with E-state index in [2.05, 4.69) is 16.3 Å². The number of nitrogens with one attached hydrogen (secondary N) is 1. The summed E-state index contributed by atoms with van der Waals surface area (Å²) < 4.78 is 2.34. The molecule has 6 nitrogen and oxygen atoms in total. The highest BCUT2D eigenvalue weighted by atomic mass is 32.1. The zero-order valence-corrected chi connectivity index (χ0v) is 17.7. The summed E-state index contributed by atoms with van der Waals surface area (Å²) in [5.41, 5.74) is 3.71. The molecule has 0 radical (unpaired) electrons. The predicted octanol–water partition coefficient (Wildman–Crippen LogP) is 4.09. The van der Waals surface area contributed by atoms with Crippen molar-refractivity contribution in [2.45, 2.75) is 46.1 Å². The first-order valence-electron chi connectivity index (χ1n) is 10.1. The molecule has 0 bridgehead atoms. The van der Waals surface area contributed by atoms with Gasteiger partial charge in [0, 0.05) is 31.7 Å². The molecule has 1 fully saturated rings. The van der Waals surface area contributed by atoms with Crippen molar-refractivity contribution in [3.8, 4) is 0 Å². The number of hydrogen-bond donors (Lipinski definition) is 1. The number of aryl methyl sites for hydroxylation is 2. The number of nitrogens with zero attached hydrogens (tertiary/aromatic N) is 3. The van der Waals surface area contributed by atoms with Crippen LogP contribution in [0.15, 0.2) is 34.4 Å². The lowest BCUT2D eigenvalue weighted by molar-refractivity contribution is -0.116. The van der Waals surface area contributed by atoms with Crippen molar-refractivity contribution >= 4 is 39.1 Å². The number of carbonyl (C=O) groups is 1. The van der Waals surface area contributed by atoms with Crippen LogP contribution in [-0.4, -0.2) is 28.5 Å². The Balaban J connectivity index is 1.57. The van der Waals surface area contributed by atoms with Crippen LogP contribution in [0.2, 0.25) is 0 Å². The summed E-state index contributed by atoms with van der Waals surface area (Å²) >= 11 is 1.41. The van der Waals surface area contributed by atoms with Gasteiger partial charge in [-0.05, 0) is 67.8 Å². The van der Waals surface area contributed by atoms with E-state index < -0.39 is 0 Å². The fraction of sp³-hybridized carbons (Fsp3) is 0.409. The van der Waals surface area contributed by atoms with Crippen molar-refractivity contribution < 1.29 is 4.79 Å². The molecule has 3 heterocycles. The monoisotopic (exact) mass is 410 g/mol. The third kappa shape index (κ3) is 4.34. The number of carbonyl (C=O) groups excluding carboxylic acids is 1. The van der Waals surface area contributed by atoms with E-state index >= 15 is 0 Å². The van der Waals surface area contributed by atoms with Crippen LogP contribution in [-0.2, 0) is 11.3 Å². The number of piperidine rings is 1. The van der Waals surface area contributed by atoms with Crippen LogP contribution in [0.25, 0.3) is 10.2 Å². The Morgan fingerprint density at radius 3 is 2.59 bits per heavy atom. The normalized spacial score (nSPS) is 14.3. The number of aromatic nitrogens is 2. The molecule has 3 aromatic rings. The number of amides is 1. The first kappa shape index (κ1) is 19.6. The maximum atomic E-state index is 13.1. The molecule has 0 spiro atoms. The lowest BCUT2D eigenvalue weighted by Gasteiger charge is -2.29. The number of fused-ring (bicyclic) bond motifs is 1. The highest BCUT2D eigenvalue weighted by Gasteiger charge is 2.20. The fourth-order valence-electron chi connectivity index (χ4n) is 3.95. The molecular weight excluding hydrogens is 384 g/mol. The van der Waals surface area contributed by atoms with E-state index in [-0.39, 0.29) is 17.9 Å². The van der Waals surface area contributed by atoms with Crippen molar-refractivity contribution in [1.82, 2.24) is 9.55 Å². The molecule has 7 heteroatoms. The minimum Gasteiger partial charge on any atom is -0.342 e. The van der Waals surface area contributed by atoms with Crippen molar-refractivity contribution in [2.24, 2.45) is 0 Å². The van der Waals surface area contributed by atoms with Gasteiger partial charge in [0.05, 0.1) is 5.52 Å². The Bertz CT molecular complexity index is 1080. The number of hydrogen-bond acceptors (Lipinski definition) is 5. The van der Waals surface area contributed by atoms with Gasteiger partial charge in [-0.25, -0.2) is 4.98 Å². The first-order chi connectivity index (χ1) is 14.0. The summed E-state index contributed by atoms with van der Waals surface area (Å²) in [4.78, 5) is 32.6. The third-order valence-electron chi connectivity index (χ3n) is 5.25. The second-order valence-corrected chi connectivity index (χ2v) is 8.64. The summed E-state index contributed by atoms with van der Waals surface area (Å²) in [6.45, 7) is 6.14. The van der Waals surface area contributed by atoms with E-state index in [1.165, 1.54) is 17.8 Å². The lowest BCUT2D eigenvalue weighted by atomic mass is 10.1. The Morgan fingerprint density at radius 2 is 1.86 bits per heavy atom. The van der Waals surface area contributed by atoms with Gasteiger partial charge in [-0.15, -0.1) is 11.3 Å². The molecule has 29 heavy (non-hydrogen) atoms. The number of anilines is 2. The van der Waals surface area contributed by atoms with Crippen LogP contribution < -0.4 is 15.8 Å². The maximum Gasteiger partial charge on any atom is 0.272 e. The molecule has 0 unspecified atom stereocenters. The molecule has 4 rings (SSSR count). The van der Waals surface area contributed by atoms with Crippen LogP contribution in [0, 0.1) is 13.8 Å². The lowest BCUT2D eigenvalue weighted by Crippen LogP contribution is -2.36. The SMILES string of the molecule is Cc1cc(C)cc(NC(=O)CCn2c(N3CCCCC3)nc3ccsc3c2=O)c1. The second kappa shape index (κ2) is 8.37. The zero-order valence-electron chi connectivity index (χ0n) is 16.9. The smallest absolute Gasteiger partial charge is 0.272 e. The topological polar surface area (TPSA) is 67.2 Å². The van der Waals surface area contributed by atoms with Gasteiger partial charge in [-0.2, -0.15) is 0 Å². The molecule has 1 aliphatic heterocycles. The fourth-order valence-corrected chi connectivity index (χ4v) is 4.73. The van der Waals surface area contributed by atoms with E-state index in [1.54, 1.807) is 4.57 Å². The first-order valence-corrected chi connectivity index (χ1v) is 11.0. The minimum atomic E-state index is -0.0993. The van der Waals surface area contributed by atoms with E-state index in [1.807, 2.05) is 37.4 Å². The molecule has 1 saturated heterocycles. The largest absolute Gasteiger partial charge is 0.342 e. The van der Waals surface area contributed by atoms with E-state index in [9.17, 15) is 9.59 Å². The molecule has 152 valence electrons. The van der Waals surface area contributed by atoms with Gasteiger partial charge in [0.15, 0.2) is 0 Å². The Morgan fingerprint density at radius 1 is 1.14 bits per heavy atom. The average molecular weight is 411 g/mol. The van der Waals surface area contributed by atoms with E-state index in [4.69, 9.17) is 4.98 Å². The van der Waals surface area contributed by atoms with Crippen LogP contribution in [0.3, 0.4) is 0 Å². The highest BCUT2D eigenvalue weighted by Crippen LogP contribution is 2.22. The van der Waals surface area contributed by atoms with Crippen LogP contribution >= 0.6 is 11.3 Å². The van der Waals surface area contributed by atoms with Crippen LogP contribution in [0.4, 0.5) is 11.6 Å². The van der Waals surface area contributed by atoms with Gasteiger partial charge in [-0.3, -0.25) is 14.2 Å². The molecule has 1 aliphatic rings. The van der Waals surface area contributed by atoms with Gasteiger partial charge in [-0.1, -0.05) is 6.07 Å². The summed E-state index contributed by atoms with van der Waals surface area (Å²) in [7, 11) is 0. The molecule has 1 aromatic carbocycles. The zero-order chi connectivity index (χ0) is 20.4.